The molecule has 0 unspecified atom stereocenters. The molecule has 98 valence electrons. The number of nitrogens with zero attached hydrogens (tertiary/aromatic N) is 1. The second-order valence-electron chi connectivity index (χ2n) is 4.02. The molecule has 0 fully saturated rings. The van der Waals surface area contributed by atoms with Gasteiger partial charge in [0.1, 0.15) is 0 Å². The standard InChI is InChI=1S/C13H18N2O3/c1-17-8-9-18-7-6-15-12-5-3-2-4-11(12)14-10-13(15)16/h2-5,14H,6-10H2,1H3. The highest BCUT2D eigenvalue weighted by Crippen LogP contribution is 2.28. The van der Waals surface area contributed by atoms with Gasteiger partial charge in [-0.25, -0.2) is 0 Å². The van der Waals surface area contributed by atoms with Gasteiger partial charge in [0, 0.05) is 13.7 Å². The number of benzene rings is 1. The minimum absolute atomic E-state index is 0.0732. The van der Waals surface area contributed by atoms with Crippen molar-refractivity contribution < 1.29 is 14.3 Å². The molecule has 1 aliphatic heterocycles. The van der Waals surface area contributed by atoms with E-state index in [1.807, 2.05) is 24.3 Å². The first-order valence-corrected chi connectivity index (χ1v) is 6.03. The molecule has 1 amide bonds. The van der Waals surface area contributed by atoms with Crippen LogP contribution in [0.15, 0.2) is 24.3 Å². The second kappa shape index (κ2) is 6.37. The first-order valence-electron chi connectivity index (χ1n) is 6.03. The van der Waals surface area contributed by atoms with Crippen molar-refractivity contribution in [3.8, 4) is 0 Å². The summed E-state index contributed by atoms with van der Waals surface area (Å²) < 4.78 is 10.3. The van der Waals surface area contributed by atoms with E-state index in [1.54, 1.807) is 12.0 Å². The quantitative estimate of drug-likeness (QED) is 0.768. The topological polar surface area (TPSA) is 50.8 Å². The highest BCUT2D eigenvalue weighted by atomic mass is 16.5. The van der Waals surface area contributed by atoms with Gasteiger partial charge in [0.05, 0.1) is 37.7 Å². The molecule has 5 nitrogen and oxygen atoms in total. The molecule has 2 rings (SSSR count). The summed E-state index contributed by atoms with van der Waals surface area (Å²) in [5.41, 5.74) is 1.91. The fraction of sp³-hybridized carbons (Fsp3) is 0.462. The highest BCUT2D eigenvalue weighted by Gasteiger charge is 2.22. The molecule has 0 saturated heterocycles. The van der Waals surface area contributed by atoms with Crippen molar-refractivity contribution in [2.24, 2.45) is 0 Å². The van der Waals surface area contributed by atoms with Gasteiger partial charge in [-0.3, -0.25) is 4.79 Å². The molecular weight excluding hydrogens is 232 g/mol. The van der Waals surface area contributed by atoms with Crippen LogP contribution in [0.2, 0.25) is 0 Å². The van der Waals surface area contributed by atoms with Crippen LogP contribution in [0.4, 0.5) is 11.4 Å². The Labute approximate surface area is 107 Å². The number of hydrogen-bond acceptors (Lipinski definition) is 4. The van der Waals surface area contributed by atoms with E-state index in [4.69, 9.17) is 9.47 Å². The monoisotopic (exact) mass is 250 g/mol. The van der Waals surface area contributed by atoms with Gasteiger partial charge in [-0.15, -0.1) is 0 Å². The van der Waals surface area contributed by atoms with Crippen LogP contribution in [0.25, 0.3) is 0 Å². The van der Waals surface area contributed by atoms with Crippen LogP contribution in [-0.2, 0) is 14.3 Å². The van der Waals surface area contributed by atoms with Crippen molar-refractivity contribution in [3.05, 3.63) is 24.3 Å². The Kier molecular flexibility index (Phi) is 4.55. The molecule has 5 heteroatoms. The van der Waals surface area contributed by atoms with Crippen LogP contribution in [0, 0.1) is 0 Å². The molecule has 0 saturated carbocycles. The number of carbonyl (C=O) groups is 1. The molecule has 1 aromatic carbocycles. The number of methoxy groups -OCH3 is 1. The summed E-state index contributed by atoms with van der Waals surface area (Å²) in [5, 5.41) is 3.10. The number of fused-ring (bicyclic) bond motifs is 1. The van der Waals surface area contributed by atoms with Crippen LogP contribution in [0.3, 0.4) is 0 Å². The smallest absolute Gasteiger partial charge is 0.246 e. The lowest BCUT2D eigenvalue weighted by atomic mass is 10.2. The van der Waals surface area contributed by atoms with Crippen LogP contribution in [-0.4, -0.2) is 45.9 Å². The minimum atomic E-state index is 0.0732. The first kappa shape index (κ1) is 12.9. The van der Waals surface area contributed by atoms with Gasteiger partial charge < -0.3 is 19.7 Å². The van der Waals surface area contributed by atoms with Gasteiger partial charge in [0.25, 0.3) is 0 Å². The zero-order chi connectivity index (χ0) is 12.8. The Morgan fingerprint density at radius 2 is 2.11 bits per heavy atom. The summed E-state index contributed by atoms with van der Waals surface area (Å²) >= 11 is 0. The average Bonchev–Trinajstić information content (AvgIpc) is 2.41. The highest BCUT2D eigenvalue weighted by molar-refractivity contribution is 6.02. The molecule has 1 aliphatic rings. The van der Waals surface area contributed by atoms with Gasteiger partial charge >= 0.3 is 0 Å². The normalized spacial score (nSPS) is 14.3. The number of ether oxygens (including phenoxy) is 2. The molecule has 0 atom stereocenters. The second-order valence-corrected chi connectivity index (χ2v) is 4.02. The van der Waals surface area contributed by atoms with Crippen molar-refractivity contribution in [2.75, 3.05) is 50.2 Å². The van der Waals surface area contributed by atoms with Gasteiger partial charge in [-0.05, 0) is 12.1 Å². The lowest BCUT2D eigenvalue weighted by Gasteiger charge is -2.30. The summed E-state index contributed by atoms with van der Waals surface area (Å²) in [4.78, 5) is 13.6. The molecule has 18 heavy (non-hydrogen) atoms. The number of nitrogens with one attached hydrogen (secondary N) is 1. The van der Waals surface area contributed by atoms with Crippen molar-refractivity contribution >= 4 is 17.3 Å². The van der Waals surface area contributed by atoms with Crippen LogP contribution in [0.1, 0.15) is 0 Å². The third-order valence-corrected chi connectivity index (χ3v) is 2.82. The van der Waals surface area contributed by atoms with Crippen molar-refractivity contribution in [1.82, 2.24) is 0 Å². The fourth-order valence-electron chi connectivity index (χ4n) is 1.90. The van der Waals surface area contributed by atoms with Crippen molar-refractivity contribution in [3.63, 3.8) is 0 Å². The fourth-order valence-corrected chi connectivity index (χ4v) is 1.90. The maximum absolute atomic E-state index is 11.9. The Morgan fingerprint density at radius 1 is 1.28 bits per heavy atom. The van der Waals surface area contributed by atoms with Gasteiger partial charge in [-0.2, -0.15) is 0 Å². The number of anilines is 2. The number of carbonyl (C=O) groups excluding carboxylic acids is 1. The maximum atomic E-state index is 11.9. The summed E-state index contributed by atoms with van der Waals surface area (Å²) in [6.45, 7) is 2.56. The average molecular weight is 250 g/mol. The van der Waals surface area contributed by atoms with Crippen molar-refractivity contribution in [2.45, 2.75) is 0 Å². The van der Waals surface area contributed by atoms with Gasteiger partial charge in [0.2, 0.25) is 5.91 Å². The predicted octanol–water partition coefficient (Wildman–Crippen LogP) is 1.11. The predicted molar refractivity (Wildman–Crippen MR) is 70.0 cm³/mol. The first-order chi connectivity index (χ1) is 8.83. The minimum Gasteiger partial charge on any atom is -0.382 e. The van der Waals surface area contributed by atoms with E-state index in [-0.39, 0.29) is 5.91 Å². The van der Waals surface area contributed by atoms with Crippen LogP contribution in [0.5, 0.6) is 0 Å². The molecule has 1 heterocycles. The molecule has 1 N–H and O–H groups in total. The zero-order valence-corrected chi connectivity index (χ0v) is 10.5. The summed E-state index contributed by atoms with van der Waals surface area (Å²) in [6.07, 6.45) is 0. The number of hydrogen-bond donors (Lipinski definition) is 1. The van der Waals surface area contributed by atoms with E-state index in [0.29, 0.717) is 32.9 Å². The Bertz CT molecular complexity index is 409. The van der Waals surface area contributed by atoms with E-state index in [0.717, 1.165) is 11.4 Å². The third-order valence-electron chi connectivity index (χ3n) is 2.82. The summed E-state index contributed by atoms with van der Waals surface area (Å²) in [6, 6.07) is 7.79. The van der Waals surface area contributed by atoms with Gasteiger partial charge in [-0.1, -0.05) is 12.1 Å². The van der Waals surface area contributed by atoms with Crippen LogP contribution >= 0.6 is 0 Å². The Hall–Kier alpha value is -1.59. The zero-order valence-electron chi connectivity index (χ0n) is 10.5. The van der Waals surface area contributed by atoms with Crippen molar-refractivity contribution in [1.29, 1.82) is 0 Å². The van der Waals surface area contributed by atoms with Crippen LogP contribution < -0.4 is 10.2 Å². The molecule has 0 radical (unpaired) electrons. The summed E-state index contributed by atoms with van der Waals surface area (Å²) in [5.74, 6) is 0.0732. The molecule has 1 aromatic rings. The maximum Gasteiger partial charge on any atom is 0.246 e. The lowest BCUT2D eigenvalue weighted by Crippen LogP contribution is -2.41. The van der Waals surface area contributed by atoms with E-state index in [1.165, 1.54) is 0 Å². The number of para-hydroxylation sites is 2. The molecule has 0 bridgehead atoms. The third kappa shape index (κ3) is 3.00. The lowest BCUT2D eigenvalue weighted by molar-refractivity contribution is -0.117. The Balaban J connectivity index is 1.93. The Morgan fingerprint density at radius 3 is 2.94 bits per heavy atom. The van der Waals surface area contributed by atoms with E-state index < -0.39 is 0 Å². The molecule has 0 spiro atoms. The molecule has 0 aromatic heterocycles. The van der Waals surface area contributed by atoms with E-state index in [9.17, 15) is 4.79 Å². The largest absolute Gasteiger partial charge is 0.382 e. The number of rotatable bonds is 6. The molecular formula is C13H18N2O3. The van der Waals surface area contributed by atoms with Gasteiger partial charge in [0.15, 0.2) is 0 Å². The van der Waals surface area contributed by atoms with E-state index in [2.05, 4.69) is 5.32 Å². The molecule has 0 aliphatic carbocycles. The summed E-state index contributed by atoms with van der Waals surface area (Å²) in [7, 11) is 1.64. The van der Waals surface area contributed by atoms with E-state index >= 15 is 0 Å². The number of amides is 1. The SMILES string of the molecule is COCCOCCN1C(=O)CNc2ccccc21.